The molecule has 1 atom stereocenters. The van der Waals surface area contributed by atoms with Gasteiger partial charge in [0.1, 0.15) is 5.60 Å². The van der Waals surface area contributed by atoms with E-state index in [9.17, 15) is 4.79 Å². The van der Waals surface area contributed by atoms with Crippen LogP contribution in [-0.2, 0) is 4.74 Å². The molecule has 0 N–H and O–H groups in total. The van der Waals surface area contributed by atoms with Crippen molar-refractivity contribution in [2.24, 2.45) is 0 Å². The molecule has 0 bridgehead atoms. The molecule has 1 amide bonds. The Hall–Kier alpha value is -1.78. The van der Waals surface area contributed by atoms with Crippen molar-refractivity contribution in [3.05, 3.63) is 18.5 Å². The van der Waals surface area contributed by atoms with Crippen molar-refractivity contribution < 1.29 is 9.53 Å². The lowest BCUT2D eigenvalue weighted by Gasteiger charge is -2.37. The van der Waals surface area contributed by atoms with Gasteiger partial charge in [-0.1, -0.05) is 0 Å². The van der Waals surface area contributed by atoms with Crippen molar-refractivity contribution in [1.29, 1.82) is 0 Å². The number of hydrogen-bond acceptors (Lipinski definition) is 4. The van der Waals surface area contributed by atoms with Gasteiger partial charge >= 0.3 is 6.09 Å². The lowest BCUT2D eigenvalue weighted by atomic mass is 10.0. The van der Waals surface area contributed by atoms with E-state index in [1.54, 1.807) is 24.3 Å². The van der Waals surface area contributed by atoms with Crippen LogP contribution in [0.4, 0.5) is 16.2 Å². The number of nitrogens with zero attached hydrogens (tertiary/aromatic N) is 3. The Labute approximate surface area is 133 Å². The third-order valence-corrected chi connectivity index (χ3v) is 3.92. The van der Waals surface area contributed by atoms with E-state index in [1.807, 2.05) is 26.8 Å². The van der Waals surface area contributed by atoms with Crippen LogP contribution in [0.25, 0.3) is 0 Å². The Bertz CT molecular complexity index is 525. The molecule has 1 aromatic rings. The van der Waals surface area contributed by atoms with E-state index in [0.29, 0.717) is 6.04 Å². The summed E-state index contributed by atoms with van der Waals surface area (Å²) < 4.78 is 5.46. The SMILES string of the molecule is CC1CCCCN1c1ccncc1N(C)C(=O)OC(C)(C)C. The minimum absolute atomic E-state index is 0.355. The second-order valence-electron chi connectivity index (χ2n) is 6.94. The van der Waals surface area contributed by atoms with Crippen molar-refractivity contribution in [3.63, 3.8) is 0 Å². The van der Waals surface area contributed by atoms with Gasteiger partial charge in [0.2, 0.25) is 0 Å². The molecule has 5 heteroatoms. The molecule has 0 spiro atoms. The number of carbonyl (C=O) groups is 1. The molecule has 22 heavy (non-hydrogen) atoms. The van der Waals surface area contributed by atoms with Crippen LogP contribution in [0.1, 0.15) is 47.0 Å². The summed E-state index contributed by atoms with van der Waals surface area (Å²) in [5, 5.41) is 0. The highest BCUT2D eigenvalue weighted by Gasteiger charge is 2.26. The normalized spacial score (nSPS) is 19.0. The van der Waals surface area contributed by atoms with Crippen LogP contribution in [0.3, 0.4) is 0 Å². The zero-order valence-corrected chi connectivity index (χ0v) is 14.3. The second kappa shape index (κ2) is 6.55. The van der Waals surface area contributed by atoms with Gasteiger partial charge in [0.05, 0.1) is 17.6 Å². The fraction of sp³-hybridized carbons (Fsp3) is 0.647. The largest absolute Gasteiger partial charge is 0.443 e. The molecule has 1 aliphatic heterocycles. The number of ether oxygens (including phenoxy) is 1. The van der Waals surface area contributed by atoms with Crippen molar-refractivity contribution in [2.75, 3.05) is 23.4 Å². The van der Waals surface area contributed by atoms with Crippen LogP contribution in [0, 0.1) is 0 Å². The van der Waals surface area contributed by atoms with Gasteiger partial charge in [-0.15, -0.1) is 0 Å². The third-order valence-electron chi connectivity index (χ3n) is 3.92. The lowest BCUT2D eigenvalue weighted by molar-refractivity contribution is 0.0589. The molecule has 1 unspecified atom stereocenters. The first-order chi connectivity index (χ1) is 10.3. The summed E-state index contributed by atoms with van der Waals surface area (Å²) in [5.41, 5.74) is 1.34. The van der Waals surface area contributed by atoms with Crippen LogP contribution in [0.2, 0.25) is 0 Å². The molecule has 2 rings (SSSR count). The molecule has 1 aromatic heterocycles. The van der Waals surface area contributed by atoms with Gasteiger partial charge in [0.15, 0.2) is 0 Å². The summed E-state index contributed by atoms with van der Waals surface area (Å²) in [6.07, 6.45) is 6.79. The number of amides is 1. The molecule has 1 aliphatic rings. The number of pyridine rings is 1. The molecule has 0 aromatic carbocycles. The van der Waals surface area contributed by atoms with E-state index in [1.165, 1.54) is 19.3 Å². The summed E-state index contributed by atoms with van der Waals surface area (Å²) in [7, 11) is 1.74. The number of carbonyl (C=O) groups excluding carboxylic acids is 1. The summed E-state index contributed by atoms with van der Waals surface area (Å²) in [6, 6.07) is 2.46. The molecule has 122 valence electrons. The molecule has 1 saturated heterocycles. The van der Waals surface area contributed by atoms with Crippen LogP contribution in [0.15, 0.2) is 18.5 Å². The molecular weight excluding hydrogens is 278 g/mol. The molecule has 5 nitrogen and oxygen atoms in total. The monoisotopic (exact) mass is 305 g/mol. The first-order valence-electron chi connectivity index (χ1n) is 7.97. The molecule has 0 saturated carbocycles. The van der Waals surface area contributed by atoms with Crippen LogP contribution < -0.4 is 9.80 Å². The molecule has 1 fully saturated rings. The minimum Gasteiger partial charge on any atom is -0.443 e. The Morgan fingerprint density at radius 2 is 2.14 bits per heavy atom. The highest BCUT2D eigenvalue weighted by molar-refractivity contribution is 5.91. The lowest BCUT2D eigenvalue weighted by Crippen LogP contribution is -2.40. The van der Waals surface area contributed by atoms with E-state index in [2.05, 4.69) is 16.8 Å². The van der Waals surface area contributed by atoms with Crippen molar-refractivity contribution in [1.82, 2.24) is 4.98 Å². The number of piperidine rings is 1. The van der Waals surface area contributed by atoms with Gasteiger partial charge in [-0.05, 0) is 53.0 Å². The predicted octanol–water partition coefficient (Wildman–Crippen LogP) is 3.83. The molecular formula is C17H27N3O2. The quantitative estimate of drug-likeness (QED) is 0.833. The topological polar surface area (TPSA) is 45.7 Å². The Morgan fingerprint density at radius 3 is 2.77 bits per heavy atom. The third kappa shape index (κ3) is 3.90. The fourth-order valence-electron chi connectivity index (χ4n) is 2.76. The number of aromatic nitrogens is 1. The van der Waals surface area contributed by atoms with Gasteiger partial charge in [0, 0.05) is 25.8 Å². The number of rotatable bonds is 2. The van der Waals surface area contributed by atoms with Gasteiger partial charge in [0.25, 0.3) is 0 Å². The van der Waals surface area contributed by atoms with Gasteiger partial charge in [-0.2, -0.15) is 0 Å². The summed E-state index contributed by atoms with van der Waals surface area (Å²) in [4.78, 5) is 20.4. The van der Waals surface area contributed by atoms with Gasteiger partial charge in [-0.25, -0.2) is 4.79 Å². The first-order valence-corrected chi connectivity index (χ1v) is 7.97. The average Bonchev–Trinajstić information content (AvgIpc) is 2.45. The number of hydrogen-bond donors (Lipinski definition) is 0. The fourth-order valence-corrected chi connectivity index (χ4v) is 2.76. The Morgan fingerprint density at radius 1 is 1.41 bits per heavy atom. The summed E-state index contributed by atoms with van der Waals surface area (Å²) in [5.74, 6) is 0. The van der Waals surface area contributed by atoms with E-state index >= 15 is 0 Å². The Kier molecular flexibility index (Phi) is 4.94. The Balaban J connectivity index is 2.26. The van der Waals surface area contributed by atoms with Crippen LogP contribution in [-0.4, -0.2) is 36.3 Å². The van der Waals surface area contributed by atoms with Crippen molar-refractivity contribution in [3.8, 4) is 0 Å². The maximum atomic E-state index is 12.3. The number of anilines is 2. The van der Waals surface area contributed by atoms with E-state index in [0.717, 1.165) is 17.9 Å². The summed E-state index contributed by atoms with van der Waals surface area (Å²) >= 11 is 0. The molecule has 0 aliphatic carbocycles. The minimum atomic E-state index is -0.508. The maximum absolute atomic E-state index is 12.3. The van der Waals surface area contributed by atoms with Gasteiger partial charge in [-0.3, -0.25) is 9.88 Å². The highest BCUT2D eigenvalue weighted by atomic mass is 16.6. The smallest absolute Gasteiger partial charge is 0.414 e. The zero-order chi connectivity index (χ0) is 16.3. The molecule has 0 radical (unpaired) electrons. The van der Waals surface area contributed by atoms with E-state index < -0.39 is 5.60 Å². The van der Waals surface area contributed by atoms with E-state index in [-0.39, 0.29) is 6.09 Å². The predicted molar refractivity (Wildman–Crippen MR) is 89.5 cm³/mol. The standard InChI is InChI=1S/C17H27N3O2/c1-13-8-6-7-11-20(13)14-9-10-18-12-15(14)19(5)16(21)22-17(2,3)4/h9-10,12-13H,6-8,11H2,1-5H3. The first kappa shape index (κ1) is 16.6. The van der Waals surface area contributed by atoms with Gasteiger partial charge < -0.3 is 9.64 Å². The highest BCUT2D eigenvalue weighted by Crippen LogP contribution is 2.33. The van der Waals surface area contributed by atoms with Crippen LogP contribution >= 0.6 is 0 Å². The molecule has 2 heterocycles. The van der Waals surface area contributed by atoms with Crippen molar-refractivity contribution >= 4 is 17.5 Å². The zero-order valence-electron chi connectivity index (χ0n) is 14.3. The second-order valence-corrected chi connectivity index (χ2v) is 6.94. The summed E-state index contributed by atoms with van der Waals surface area (Å²) in [6.45, 7) is 8.86. The van der Waals surface area contributed by atoms with Crippen molar-refractivity contribution in [2.45, 2.75) is 58.6 Å². The maximum Gasteiger partial charge on any atom is 0.414 e. The van der Waals surface area contributed by atoms with Crippen LogP contribution in [0.5, 0.6) is 0 Å². The van der Waals surface area contributed by atoms with E-state index in [4.69, 9.17) is 4.74 Å². The average molecular weight is 305 g/mol.